The Bertz CT molecular complexity index is 1430. The van der Waals surface area contributed by atoms with Crippen molar-refractivity contribution in [3.05, 3.63) is 65.9 Å². The van der Waals surface area contributed by atoms with Crippen LogP contribution in [0.5, 0.6) is 5.75 Å². The lowest BCUT2D eigenvalue weighted by Gasteiger charge is -2.26. The summed E-state index contributed by atoms with van der Waals surface area (Å²) in [5.74, 6) is 6.55. The van der Waals surface area contributed by atoms with Crippen LogP contribution < -0.4 is 10.6 Å². The zero-order valence-corrected chi connectivity index (χ0v) is 20.4. The van der Waals surface area contributed by atoms with Crippen LogP contribution >= 0.6 is 0 Å². The minimum absolute atomic E-state index is 0.131. The summed E-state index contributed by atoms with van der Waals surface area (Å²) in [6, 6.07) is 9.83. The lowest BCUT2D eigenvalue weighted by molar-refractivity contribution is 0.224. The maximum Gasteiger partial charge on any atom is 0.179 e. The molecule has 1 aliphatic heterocycles. The minimum atomic E-state index is -0.280. The molecule has 0 bridgehead atoms. The molecule has 1 atom stereocenters. The number of nitriles is 1. The van der Waals surface area contributed by atoms with E-state index in [1.165, 1.54) is 0 Å². The summed E-state index contributed by atoms with van der Waals surface area (Å²) in [5, 5.41) is 13.2. The standard InChI is InChI=1S/C27H28N8O/c1-18(32-21-9-12-34(16-28)13-10-21)26(33-29)20-14-24-27(35(17-31-24)22-6-5-7-22)25(15-20)36-19(2)23-8-3-4-11-30-23/h3-5,8,11,14-15,17,19,21H,6,9-10,12-13,29H2,1-2H3/b32-18?,33-26+/t19-/m1/s1. The maximum atomic E-state index is 9.11. The third-order valence-corrected chi connectivity index (χ3v) is 6.60. The molecule has 0 unspecified atom stereocenters. The molecule has 1 aromatic carbocycles. The summed E-state index contributed by atoms with van der Waals surface area (Å²) in [7, 11) is 0. The summed E-state index contributed by atoms with van der Waals surface area (Å²) >= 11 is 0. The maximum absolute atomic E-state index is 9.11. The van der Waals surface area contributed by atoms with Gasteiger partial charge in [0.1, 0.15) is 29.4 Å². The van der Waals surface area contributed by atoms with Crippen LogP contribution in [0.1, 0.15) is 50.5 Å². The second-order valence-corrected chi connectivity index (χ2v) is 8.98. The van der Waals surface area contributed by atoms with Crippen LogP contribution in [-0.2, 0) is 0 Å². The van der Waals surface area contributed by atoms with Gasteiger partial charge in [-0.05, 0) is 57.0 Å². The molecule has 1 aliphatic carbocycles. The van der Waals surface area contributed by atoms with E-state index in [2.05, 4.69) is 27.0 Å². The van der Waals surface area contributed by atoms with E-state index in [1.807, 2.05) is 54.8 Å². The van der Waals surface area contributed by atoms with Crippen molar-refractivity contribution < 1.29 is 4.74 Å². The van der Waals surface area contributed by atoms with Crippen molar-refractivity contribution >= 4 is 28.2 Å². The van der Waals surface area contributed by atoms with Gasteiger partial charge in [0.15, 0.2) is 6.19 Å². The van der Waals surface area contributed by atoms with Gasteiger partial charge < -0.3 is 15.5 Å². The number of aromatic nitrogens is 3. The molecule has 36 heavy (non-hydrogen) atoms. The zero-order chi connectivity index (χ0) is 25.1. The number of piperidine rings is 1. The predicted octanol–water partition coefficient (Wildman–Crippen LogP) is 4.04. The van der Waals surface area contributed by atoms with Crippen LogP contribution in [0.15, 0.2) is 64.8 Å². The number of allylic oxidation sites excluding steroid dienone is 1. The van der Waals surface area contributed by atoms with Gasteiger partial charge in [-0.2, -0.15) is 10.4 Å². The number of benzene rings is 1. The van der Waals surface area contributed by atoms with Crippen LogP contribution in [0.2, 0.25) is 0 Å². The molecule has 0 amide bonds. The topological polar surface area (TPSA) is 118 Å². The first-order valence-electron chi connectivity index (χ1n) is 12.1. The van der Waals surface area contributed by atoms with Gasteiger partial charge in [-0.25, -0.2) is 4.98 Å². The fourth-order valence-electron chi connectivity index (χ4n) is 4.58. The van der Waals surface area contributed by atoms with Crippen molar-refractivity contribution in [2.24, 2.45) is 15.9 Å². The molecule has 2 aliphatic rings. The summed E-state index contributed by atoms with van der Waals surface area (Å²) in [6.45, 7) is 5.32. The highest BCUT2D eigenvalue weighted by Gasteiger charge is 2.22. The molecule has 0 saturated carbocycles. The monoisotopic (exact) mass is 480 g/mol. The third kappa shape index (κ3) is 4.59. The SMILES string of the molecule is CC(=NC1CCN(C#N)CC1)/C(=N\N)c1cc(O[C@H](C)c2ccccn2)c2c(c1)ncn2C1=C=CC1. The highest BCUT2D eigenvalue weighted by molar-refractivity contribution is 6.47. The van der Waals surface area contributed by atoms with Crippen molar-refractivity contribution in [3.8, 4) is 11.9 Å². The molecule has 3 heterocycles. The summed E-state index contributed by atoms with van der Waals surface area (Å²) in [5.41, 5.74) is 8.87. The van der Waals surface area contributed by atoms with Gasteiger partial charge in [0.05, 0.1) is 28.7 Å². The van der Waals surface area contributed by atoms with Crippen LogP contribution in [-0.4, -0.2) is 50.0 Å². The third-order valence-electron chi connectivity index (χ3n) is 6.60. The molecule has 5 rings (SSSR count). The molecular weight excluding hydrogens is 452 g/mol. The number of likely N-dealkylation sites (tertiary alicyclic amines) is 1. The lowest BCUT2D eigenvalue weighted by Crippen LogP contribution is -2.32. The molecule has 1 fully saturated rings. The van der Waals surface area contributed by atoms with Gasteiger partial charge in [0, 0.05) is 31.3 Å². The van der Waals surface area contributed by atoms with Gasteiger partial charge >= 0.3 is 0 Å². The number of hydrogen-bond acceptors (Lipinski definition) is 8. The molecule has 3 aromatic rings. The van der Waals surface area contributed by atoms with Crippen molar-refractivity contribution in [1.82, 2.24) is 19.4 Å². The molecule has 2 N–H and O–H groups in total. The predicted molar refractivity (Wildman–Crippen MR) is 139 cm³/mol. The van der Waals surface area contributed by atoms with E-state index in [1.54, 1.807) is 17.4 Å². The fourth-order valence-corrected chi connectivity index (χ4v) is 4.58. The minimum Gasteiger partial charge on any atom is -0.482 e. The molecule has 9 nitrogen and oxygen atoms in total. The van der Waals surface area contributed by atoms with Crippen LogP contribution in [0.3, 0.4) is 0 Å². The Morgan fingerprint density at radius 2 is 2.08 bits per heavy atom. The van der Waals surface area contributed by atoms with E-state index in [4.69, 9.17) is 20.8 Å². The normalized spacial score (nSPS) is 17.5. The van der Waals surface area contributed by atoms with Gasteiger partial charge in [0.25, 0.3) is 0 Å². The highest BCUT2D eigenvalue weighted by atomic mass is 16.5. The Hall–Kier alpha value is -4.41. The number of nitrogens with zero attached hydrogens (tertiary/aromatic N) is 7. The average molecular weight is 481 g/mol. The Kier molecular flexibility index (Phi) is 6.52. The Labute approximate surface area is 209 Å². The number of aliphatic imine (C=N–C) groups is 1. The van der Waals surface area contributed by atoms with Crippen LogP contribution in [0, 0.1) is 11.5 Å². The highest BCUT2D eigenvalue weighted by Crippen LogP contribution is 2.34. The number of pyridine rings is 1. The van der Waals surface area contributed by atoms with E-state index >= 15 is 0 Å². The number of imidazole rings is 1. The molecule has 1 saturated heterocycles. The largest absolute Gasteiger partial charge is 0.482 e. The number of hydrazone groups is 1. The summed E-state index contributed by atoms with van der Waals surface area (Å²) < 4.78 is 8.49. The molecule has 9 heteroatoms. The van der Waals surface area contributed by atoms with E-state index in [9.17, 15) is 0 Å². The zero-order valence-electron chi connectivity index (χ0n) is 20.4. The van der Waals surface area contributed by atoms with Gasteiger partial charge in [-0.3, -0.25) is 14.5 Å². The molecule has 0 spiro atoms. The van der Waals surface area contributed by atoms with Gasteiger partial charge in [-0.15, -0.1) is 5.73 Å². The smallest absolute Gasteiger partial charge is 0.179 e. The first-order valence-corrected chi connectivity index (χ1v) is 12.1. The van der Waals surface area contributed by atoms with E-state index in [0.717, 1.165) is 53.0 Å². The van der Waals surface area contributed by atoms with Gasteiger partial charge in [-0.1, -0.05) is 6.07 Å². The number of rotatable bonds is 7. The Balaban J connectivity index is 1.52. The van der Waals surface area contributed by atoms with Crippen molar-refractivity contribution in [2.75, 3.05) is 13.1 Å². The summed E-state index contributed by atoms with van der Waals surface area (Å²) in [6.07, 6.45) is 9.96. The first-order chi connectivity index (χ1) is 17.6. The number of ether oxygens (including phenoxy) is 1. The van der Waals surface area contributed by atoms with Crippen molar-refractivity contribution in [3.63, 3.8) is 0 Å². The molecule has 182 valence electrons. The van der Waals surface area contributed by atoms with Crippen molar-refractivity contribution in [1.29, 1.82) is 5.26 Å². The molecular formula is C27H28N8O. The molecule has 0 radical (unpaired) electrons. The van der Waals surface area contributed by atoms with E-state index in [-0.39, 0.29) is 12.1 Å². The quantitative estimate of drug-likeness (QED) is 0.179. The summed E-state index contributed by atoms with van der Waals surface area (Å²) in [4.78, 5) is 15.8. The number of fused-ring (bicyclic) bond motifs is 1. The Morgan fingerprint density at radius 1 is 1.28 bits per heavy atom. The number of nitrogens with two attached hydrogens (primary N) is 1. The molecule has 2 aromatic heterocycles. The second kappa shape index (κ2) is 10.1. The van der Waals surface area contributed by atoms with E-state index in [0.29, 0.717) is 24.6 Å². The lowest BCUT2D eigenvalue weighted by atomic mass is 10.0. The Morgan fingerprint density at radius 3 is 2.72 bits per heavy atom. The average Bonchev–Trinajstić information content (AvgIpc) is 3.28. The van der Waals surface area contributed by atoms with Crippen molar-refractivity contribution in [2.45, 2.75) is 45.3 Å². The number of hydrogen-bond donors (Lipinski definition) is 1. The van der Waals surface area contributed by atoms with Crippen LogP contribution in [0.25, 0.3) is 16.7 Å². The van der Waals surface area contributed by atoms with Gasteiger partial charge in [0.2, 0.25) is 0 Å². The second-order valence-electron chi connectivity index (χ2n) is 8.98. The fraction of sp³-hybridized carbons (Fsp3) is 0.333. The first kappa shape index (κ1) is 23.3. The van der Waals surface area contributed by atoms with Crippen LogP contribution in [0.4, 0.5) is 0 Å². The van der Waals surface area contributed by atoms with E-state index < -0.39 is 0 Å².